The molecule has 0 aromatic carbocycles. The molecule has 0 spiro atoms. The van der Waals surface area contributed by atoms with Crippen LogP contribution in [-0.2, 0) is 0 Å². The van der Waals surface area contributed by atoms with Gasteiger partial charge >= 0.3 is 0 Å². The van der Waals surface area contributed by atoms with Gasteiger partial charge in [-0.3, -0.25) is 4.90 Å². The fourth-order valence-electron chi connectivity index (χ4n) is 1.61. The second-order valence-corrected chi connectivity index (χ2v) is 4.68. The lowest BCUT2D eigenvalue weighted by atomic mass is 9.94. The van der Waals surface area contributed by atoms with Crippen LogP contribution in [-0.4, -0.2) is 56.1 Å². The maximum Gasteiger partial charge on any atom is 0.0301 e. The number of hydrogen-bond acceptors (Lipinski definition) is 3. The van der Waals surface area contributed by atoms with E-state index in [1.165, 1.54) is 12.8 Å². The van der Waals surface area contributed by atoms with Gasteiger partial charge in [0.2, 0.25) is 0 Å². The molecule has 0 rings (SSSR count). The molecule has 14 heavy (non-hydrogen) atoms. The smallest absolute Gasteiger partial charge is 0.0301 e. The van der Waals surface area contributed by atoms with Crippen molar-refractivity contribution in [3.8, 4) is 0 Å². The van der Waals surface area contributed by atoms with Crippen LogP contribution >= 0.6 is 0 Å². The molecule has 0 amide bonds. The summed E-state index contributed by atoms with van der Waals surface area (Å²) < 4.78 is 0. The molecule has 3 heteroatoms. The first-order valence-corrected chi connectivity index (χ1v) is 5.52. The molecule has 0 aliphatic heterocycles. The Morgan fingerprint density at radius 1 is 1.14 bits per heavy atom. The summed E-state index contributed by atoms with van der Waals surface area (Å²) in [6.45, 7) is 7.39. The van der Waals surface area contributed by atoms with Crippen molar-refractivity contribution < 1.29 is 0 Å². The molecule has 0 aliphatic rings. The lowest BCUT2D eigenvalue weighted by Crippen LogP contribution is -2.51. The average molecular weight is 201 g/mol. The highest BCUT2D eigenvalue weighted by atomic mass is 15.2. The Bertz CT molecular complexity index is 147. The van der Waals surface area contributed by atoms with Crippen molar-refractivity contribution >= 4 is 0 Å². The van der Waals surface area contributed by atoms with Gasteiger partial charge in [-0.2, -0.15) is 0 Å². The van der Waals surface area contributed by atoms with Crippen LogP contribution < -0.4 is 5.73 Å². The van der Waals surface area contributed by atoms with E-state index >= 15 is 0 Å². The Hall–Kier alpha value is -0.120. The van der Waals surface area contributed by atoms with Gasteiger partial charge in [0.25, 0.3) is 0 Å². The van der Waals surface area contributed by atoms with Crippen molar-refractivity contribution in [2.24, 2.45) is 5.73 Å². The van der Waals surface area contributed by atoms with E-state index in [1.54, 1.807) is 0 Å². The molecule has 0 fully saturated rings. The largest absolute Gasteiger partial charge is 0.329 e. The normalized spacial score (nSPS) is 16.3. The van der Waals surface area contributed by atoms with Crippen LogP contribution in [0, 0.1) is 0 Å². The van der Waals surface area contributed by atoms with Crippen LogP contribution in [0.15, 0.2) is 0 Å². The van der Waals surface area contributed by atoms with E-state index in [1.807, 2.05) is 0 Å². The van der Waals surface area contributed by atoms with Crippen LogP contribution in [0.4, 0.5) is 0 Å². The van der Waals surface area contributed by atoms with Crippen LogP contribution in [0.5, 0.6) is 0 Å². The maximum atomic E-state index is 5.85. The highest BCUT2D eigenvalue weighted by molar-refractivity contribution is 4.85. The van der Waals surface area contributed by atoms with Gasteiger partial charge in [0, 0.05) is 25.2 Å². The SMILES string of the molecule is CCCC(C)(CN)N(C)CCN(C)C. The molecular weight excluding hydrogens is 174 g/mol. The minimum Gasteiger partial charge on any atom is -0.329 e. The molecule has 0 heterocycles. The van der Waals surface area contributed by atoms with Gasteiger partial charge in [-0.25, -0.2) is 0 Å². The molecule has 0 aromatic heterocycles. The van der Waals surface area contributed by atoms with Gasteiger partial charge in [-0.1, -0.05) is 13.3 Å². The fraction of sp³-hybridized carbons (Fsp3) is 1.00. The summed E-state index contributed by atoms with van der Waals surface area (Å²) in [6.07, 6.45) is 2.37. The third-order valence-corrected chi connectivity index (χ3v) is 3.03. The van der Waals surface area contributed by atoms with Crippen LogP contribution in [0.25, 0.3) is 0 Å². The lowest BCUT2D eigenvalue weighted by Gasteiger charge is -2.38. The van der Waals surface area contributed by atoms with Crippen molar-refractivity contribution in [1.82, 2.24) is 9.80 Å². The Morgan fingerprint density at radius 3 is 2.07 bits per heavy atom. The molecule has 0 saturated carbocycles. The molecule has 1 atom stereocenters. The third-order valence-electron chi connectivity index (χ3n) is 3.03. The first-order valence-electron chi connectivity index (χ1n) is 5.52. The Kier molecular flexibility index (Phi) is 6.33. The van der Waals surface area contributed by atoms with Gasteiger partial charge in [0.1, 0.15) is 0 Å². The molecule has 86 valence electrons. The molecule has 0 bridgehead atoms. The second-order valence-electron chi connectivity index (χ2n) is 4.68. The van der Waals surface area contributed by atoms with E-state index in [4.69, 9.17) is 5.73 Å². The second kappa shape index (κ2) is 6.38. The van der Waals surface area contributed by atoms with E-state index in [0.29, 0.717) is 0 Å². The van der Waals surface area contributed by atoms with Crippen molar-refractivity contribution in [1.29, 1.82) is 0 Å². The highest BCUT2D eigenvalue weighted by Gasteiger charge is 2.26. The lowest BCUT2D eigenvalue weighted by molar-refractivity contribution is 0.123. The standard InChI is InChI=1S/C11H27N3/c1-6-7-11(2,10-12)14(5)9-8-13(3)4/h6-10,12H2,1-5H3. The number of rotatable bonds is 7. The number of nitrogens with two attached hydrogens (primary N) is 1. The maximum absolute atomic E-state index is 5.85. The summed E-state index contributed by atoms with van der Waals surface area (Å²) in [5.41, 5.74) is 6.02. The van der Waals surface area contributed by atoms with E-state index in [2.05, 4.69) is 44.8 Å². The number of nitrogens with zero attached hydrogens (tertiary/aromatic N) is 2. The van der Waals surface area contributed by atoms with E-state index < -0.39 is 0 Å². The number of likely N-dealkylation sites (N-methyl/N-ethyl adjacent to an activating group) is 2. The Labute approximate surface area is 89.2 Å². The molecule has 1 unspecified atom stereocenters. The molecule has 2 N–H and O–H groups in total. The van der Waals surface area contributed by atoms with Crippen LogP contribution in [0.2, 0.25) is 0 Å². The minimum absolute atomic E-state index is 0.171. The van der Waals surface area contributed by atoms with Gasteiger partial charge in [0.15, 0.2) is 0 Å². The summed E-state index contributed by atoms with van der Waals surface area (Å²) in [6, 6.07) is 0. The monoisotopic (exact) mass is 201 g/mol. The van der Waals surface area contributed by atoms with Crippen molar-refractivity contribution in [3.05, 3.63) is 0 Å². The summed E-state index contributed by atoms with van der Waals surface area (Å²) >= 11 is 0. The average Bonchev–Trinajstić information content (AvgIpc) is 2.14. The predicted octanol–water partition coefficient (Wildman–Crippen LogP) is 0.997. The minimum atomic E-state index is 0.171. The van der Waals surface area contributed by atoms with Crippen molar-refractivity contribution in [3.63, 3.8) is 0 Å². The topological polar surface area (TPSA) is 32.5 Å². The molecule has 0 aromatic rings. The van der Waals surface area contributed by atoms with Crippen LogP contribution in [0.3, 0.4) is 0 Å². The summed E-state index contributed by atoms with van der Waals surface area (Å²) in [7, 11) is 6.38. The predicted molar refractivity (Wildman–Crippen MR) is 63.6 cm³/mol. The molecule has 0 radical (unpaired) electrons. The first kappa shape index (κ1) is 13.9. The highest BCUT2D eigenvalue weighted by Crippen LogP contribution is 2.17. The van der Waals surface area contributed by atoms with Gasteiger partial charge in [-0.15, -0.1) is 0 Å². The van der Waals surface area contributed by atoms with Gasteiger partial charge in [0.05, 0.1) is 0 Å². The van der Waals surface area contributed by atoms with Gasteiger partial charge < -0.3 is 10.6 Å². The fourth-order valence-corrected chi connectivity index (χ4v) is 1.61. The van der Waals surface area contributed by atoms with E-state index in [-0.39, 0.29) is 5.54 Å². The first-order chi connectivity index (χ1) is 6.46. The molecule has 0 saturated heterocycles. The zero-order valence-electron chi connectivity index (χ0n) is 10.5. The molecule has 0 aliphatic carbocycles. The third kappa shape index (κ3) is 4.40. The summed E-state index contributed by atoms with van der Waals surface area (Å²) in [5, 5.41) is 0. The number of hydrogen-bond donors (Lipinski definition) is 1. The Morgan fingerprint density at radius 2 is 1.71 bits per heavy atom. The van der Waals surface area contributed by atoms with E-state index in [0.717, 1.165) is 19.6 Å². The molecule has 3 nitrogen and oxygen atoms in total. The van der Waals surface area contributed by atoms with Crippen molar-refractivity contribution in [2.75, 3.05) is 40.8 Å². The quantitative estimate of drug-likeness (QED) is 0.667. The summed E-state index contributed by atoms with van der Waals surface area (Å²) in [4.78, 5) is 4.59. The van der Waals surface area contributed by atoms with E-state index in [9.17, 15) is 0 Å². The Balaban J connectivity index is 4.08. The zero-order valence-corrected chi connectivity index (χ0v) is 10.5. The van der Waals surface area contributed by atoms with Crippen LogP contribution in [0.1, 0.15) is 26.7 Å². The summed E-state index contributed by atoms with van der Waals surface area (Å²) in [5.74, 6) is 0. The van der Waals surface area contributed by atoms with Gasteiger partial charge in [-0.05, 0) is 34.5 Å². The molecular formula is C11H27N3. The van der Waals surface area contributed by atoms with Crippen molar-refractivity contribution in [2.45, 2.75) is 32.2 Å². The zero-order chi connectivity index (χ0) is 11.2.